The number of rotatable bonds is 10. The number of anilines is 1. The van der Waals surface area contributed by atoms with E-state index in [0.717, 1.165) is 11.8 Å². The number of nitrogens with zero attached hydrogens (tertiary/aromatic N) is 2. The molecule has 0 aliphatic carbocycles. The quantitative estimate of drug-likeness (QED) is 0.528. The summed E-state index contributed by atoms with van der Waals surface area (Å²) in [5.74, 6) is 0.467. The molecule has 9 nitrogen and oxygen atoms in total. The zero-order valence-electron chi connectivity index (χ0n) is 19.3. The molecule has 1 N–H and O–H groups in total. The number of amides is 2. The summed E-state index contributed by atoms with van der Waals surface area (Å²) in [5.41, 5.74) is 1.25. The fraction of sp³-hybridized carbons (Fsp3) is 0.391. The summed E-state index contributed by atoms with van der Waals surface area (Å²) in [6, 6.07) is 11.2. The van der Waals surface area contributed by atoms with Gasteiger partial charge in [-0.1, -0.05) is 23.7 Å². The molecule has 0 saturated heterocycles. The minimum Gasteiger partial charge on any atom is -0.454 e. The molecule has 2 aromatic carbocycles. The molecular formula is C23H28ClN3O6S. The molecule has 184 valence electrons. The molecule has 0 radical (unpaired) electrons. The maximum absolute atomic E-state index is 13.1. The van der Waals surface area contributed by atoms with Gasteiger partial charge < -0.3 is 19.7 Å². The van der Waals surface area contributed by atoms with Crippen LogP contribution in [-0.2, 0) is 26.2 Å². The van der Waals surface area contributed by atoms with E-state index in [0.29, 0.717) is 22.2 Å². The summed E-state index contributed by atoms with van der Waals surface area (Å²) in [4.78, 5) is 26.9. The number of ether oxygens (including phenoxy) is 2. The van der Waals surface area contributed by atoms with E-state index >= 15 is 0 Å². The van der Waals surface area contributed by atoms with Crippen LogP contribution in [0.1, 0.15) is 25.3 Å². The summed E-state index contributed by atoms with van der Waals surface area (Å²) in [6.45, 7) is 2.05. The number of sulfonamides is 1. The summed E-state index contributed by atoms with van der Waals surface area (Å²) in [6.07, 6.45) is 1.43. The second kappa shape index (κ2) is 11.0. The lowest BCUT2D eigenvalue weighted by atomic mass is 10.1. The molecule has 2 amide bonds. The molecule has 0 fully saturated rings. The molecular weight excluding hydrogens is 482 g/mol. The highest BCUT2D eigenvalue weighted by Crippen LogP contribution is 2.36. The Morgan fingerprint density at radius 1 is 1.12 bits per heavy atom. The van der Waals surface area contributed by atoms with Gasteiger partial charge in [-0.3, -0.25) is 13.9 Å². The second-order valence-corrected chi connectivity index (χ2v) is 10.3. The van der Waals surface area contributed by atoms with Crippen LogP contribution in [0, 0.1) is 0 Å². The van der Waals surface area contributed by atoms with Gasteiger partial charge in [-0.15, -0.1) is 0 Å². The number of carbonyl (C=O) groups excluding carboxylic acids is 2. The van der Waals surface area contributed by atoms with E-state index in [-0.39, 0.29) is 44.5 Å². The van der Waals surface area contributed by atoms with Crippen LogP contribution in [-0.4, -0.2) is 57.8 Å². The number of fused-ring (bicyclic) bond motifs is 1. The number of halogens is 1. The van der Waals surface area contributed by atoms with E-state index in [1.807, 2.05) is 0 Å². The van der Waals surface area contributed by atoms with Crippen molar-refractivity contribution in [2.75, 3.05) is 30.9 Å². The van der Waals surface area contributed by atoms with Crippen LogP contribution >= 0.6 is 11.6 Å². The highest BCUT2D eigenvalue weighted by atomic mass is 35.5. The molecule has 11 heteroatoms. The van der Waals surface area contributed by atoms with E-state index in [1.54, 1.807) is 49.4 Å². The molecule has 0 aromatic heterocycles. The molecule has 1 aliphatic rings. The highest BCUT2D eigenvalue weighted by molar-refractivity contribution is 7.92. The zero-order valence-corrected chi connectivity index (χ0v) is 20.9. The standard InChI is InChI=1S/C23H28ClN3O6S/c1-16(23(29)25-2)26(14-17-6-8-18(24)9-7-17)22(28)5-4-12-27(34(3,30)31)19-10-11-20-21(13-19)33-15-32-20/h6-11,13,16H,4-5,12,14-15H2,1-3H3,(H,25,29). The van der Waals surface area contributed by atoms with Crippen LogP contribution in [0.5, 0.6) is 11.5 Å². The Balaban J connectivity index is 1.71. The fourth-order valence-corrected chi connectivity index (χ4v) is 4.71. The normalized spacial score (nSPS) is 13.3. The third kappa shape index (κ3) is 6.32. The first-order valence-electron chi connectivity index (χ1n) is 10.7. The van der Waals surface area contributed by atoms with Gasteiger partial charge in [0, 0.05) is 37.6 Å². The molecule has 0 saturated carbocycles. The van der Waals surface area contributed by atoms with Crippen LogP contribution in [0.4, 0.5) is 5.69 Å². The van der Waals surface area contributed by atoms with Gasteiger partial charge in [0.15, 0.2) is 11.5 Å². The van der Waals surface area contributed by atoms with E-state index in [9.17, 15) is 18.0 Å². The maximum Gasteiger partial charge on any atom is 0.242 e. The van der Waals surface area contributed by atoms with Crippen molar-refractivity contribution in [3.05, 3.63) is 53.1 Å². The van der Waals surface area contributed by atoms with Crippen LogP contribution in [0.2, 0.25) is 5.02 Å². The topological polar surface area (TPSA) is 105 Å². The third-order valence-corrected chi connectivity index (χ3v) is 6.92. The Morgan fingerprint density at radius 2 is 1.79 bits per heavy atom. The fourth-order valence-electron chi connectivity index (χ4n) is 3.62. The van der Waals surface area contributed by atoms with Crippen LogP contribution in [0.25, 0.3) is 0 Å². The van der Waals surface area contributed by atoms with Crippen molar-refractivity contribution < 1.29 is 27.5 Å². The Morgan fingerprint density at radius 3 is 2.44 bits per heavy atom. The minimum absolute atomic E-state index is 0.0610. The molecule has 0 spiro atoms. The number of hydrogen-bond donors (Lipinski definition) is 1. The Hall–Kier alpha value is -2.98. The summed E-state index contributed by atoms with van der Waals surface area (Å²) >= 11 is 5.95. The van der Waals surface area contributed by atoms with Gasteiger partial charge >= 0.3 is 0 Å². The van der Waals surface area contributed by atoms with Gasteiger partial charge in [0.1, 0.15) is 6.04 Å². The van der Waals surface area contributed by atoms with Crippen molar-refractivity contribution in [2.24, 2.45) is 0 Å². The van der Waals surface area contributed by atoms with Gasteiger partial charge in [-0.25, -0.2) is 8.42 Å². The molecule has 3 rings (SSSR count). The Kier molecular flexibility index (Phi) is 8.27. The molecule has 1 atom stereocenters. The SMILES string of the molecule is CNC(=O)C(C)N(Cc1ccc(Cl)cc1)C(=O)CCCN(c1ccc2c(c1)OCO2)S(C)(=O)=O. The highest BCUT2D eigenvalue weighted by Gasteiger charge is 2.26. The molecule has 0 bridgehead atoms. The molecule has 34 heavy (non-hydrogen) atoms. The third-order valence-electron chi connectivity index (χ3n) is 5.48. The number of hydrogen-bond acceptors (Lipinski definition) is 6. The van der Waals surface area contributed by atoms with Gasteiger partial charge in [-0.2, -0.15) is 0 Å². The van der Waals surface area contributed by atoms with E-state index in [1.165, 1.54) is 16.3 Å². The first kappa shape index (κ1) is 25.6. The average Bonchev–Trinajstić information content (AvgIpc) is 3.27. The van der Waals surface area contributed by atoms with E-state index in [4.69, 9.17) is 21.1 Å². The molecule has 1 heterocycles. The first-order valence-corrected chi connectivity index (χ1v) is 13.0. The van der Waals surface area contributed by atoms with Crippen molar-refractivity contribution >= 4 is 39.1 Å². The Labute approximate surface area is 204 Å². The van der Waals surface area contributed by atoms with Crippen molar-refractivity contribution in [1.29, 1.82) is 0 Å². The lowest BCUT2D eigenvalue weighted by Crippen LogP contribution is -2.46. The number of nitrogens with one attached hydrogen (secondary N) is 1. The molecule has 2 aromatic rings. The maximum atomic E-state index is 13.1. The van der Waals surface area contributed by atoms with Gasteiger partial charge in [0.25, 0.3) is 0 Å². The largest absolute Gasteiger partial charge is 0.454 e. The van der Waals surface area contributed by atoms with E-state index < -0.39 is 16.1 Å². The monoisotopic (exact) mass is 509 g/mol. The van der Waals surface area contributed by atoms with Gasteiger partial charge in [0.2, 0.25) is 28.6 Å². The van der Waals surface area contributed by atoms with Crippen LogP contribution < -0.4 is 19.1 Å². The summed E-state index contributed by atoms with van der Waals surface area (Å²) in [7, 11) is -2.09. The summed E-state index contributed by atoms with van der Waals surface area (Å²) in [5, 5.41) is 3.14. The second-order valence-electron chi connectivity index (χ2n) is 7.91. The average molecular weight is 510 g/mol. The number of carbonyl (C=O) groups is 2. The number of benzene rings is 2. The van der Waals surface area contributed by atoms with Gasteiger partial charge in [0.05, 0.1) is 11.9 Å². The lowest BCUT2D eigenvalue weighted by molar-refractivity contribution is -0.140. The Bertz CT molecular complexity index is 1140. The smallest absolute Gasteiger partial charge is 0.242 e. The van der Waals surface area contributed by atoms with Crippen molar-refractivity contribution in [2.45, 2.75) is 32.4 Å². The minimum atomic E-state index is -3.60. The van der Waals surface area contributed by atoms with E-state index in [2.05, 4.69) is 5.32 Å². The van der Waals surface area contributed by atoms with Crippen molar-refractivity contribution in [1.82, 2.24) is 10.2 Å². The molecule has 1 unspecified atom stereocenters. The van der Waals surface area contributed by atoms with Crippen molar-refractivity contribution in [3.63, 3.8) is 0 Å². The lowest BCUT2D eigenvalue weighted by Gasteiger charge is -2.29. The van der Waals surface area contributed by atoms with Crippen molar-refractivity contribution in [3.8, 4) is 11.5 Å². The first-order chi connectivity index (χ1) is 16.1. The van der Waals surface area contributed by atoms with Crippen LogP contribution in [0.3, 0.4) is 0 Å². The predicted octanol–water partition coefficient (Wildman–Crippen LogP) is 2.78. The zero-order chi connectivity index (χ0) is 24.9. The summed E-state index contributed by atoms with van der Waals surface area (Å²) < 4.78 is 36.7. The molecule has 1 aliphatic heterocycles. The van der Waals surface area contributed by atoms with Crippen LogP contribution in [0.15, 0.2) is 42.5 Å². The van der Waals surface area contributed by atoms with Gasteiger partial charge in [-0.05, 0) is 43.2 Å². The number of likely N-dealkylation sites (N-methyl/N-ethyl adjacent to an activating group) is 1. The predicted molar refractivity (Wildman–Crippen MR) is 130 cm³/mol.